The molecule has 3 atom stereocenters. The second kappa shape index (κ2) is 10.9. The Labute approximate surface area is 189 Å². The van der Waals surface area contributed by atoms with Crippen LogP contribution in [-0.4, -0.2) is 30.1 Å². The molecule has 1 aliphatic carbocycles. The third-order valence-electron chi connectivity index (χ3n) is 5.78. The van der Waals surface area contributed by atoms with E-state index in [-0.39, 0.29) is 17.8 Å². The highest BCUT2D eigenvalue weighted by atomic mass is 16.5. The Hall–Kier alpha value is -3.22. The largest absolute Gasteiger partial charge is 0.469 e. The van der Waals surface area contributed by atoms with Gasteiger partial charge in [-0.05, 0) is 54.5 Å². The predicted octanol–water partition coefficient (Wildman–Crippen LogP) is 3.70. The Morgan fingerprint density at radius 3 is 2.59 bits per heavy atom. The van der Waals surface area contributed by atoms with Crippen LogP contribution in [0.4, 0.5) is 0 Å². The van der Waals surface area contributed by atoms with Crippen molar-refractivity contribution in [3.05, 3.63) is 89.0 Å². The molecule has 6 nitrogen and oxygen atoms in total. The van der Waals surface area contributed by atoms with E-state index in [4.69, 9.17) is 15.9 Å². The van der Waals surface area contributed by atoms with Crippen LogP contribution >= 0.6 is 0 Å². The number of nitrogens with two attached hydrogens (primary N) is 1. The zero-order valence-electron chi connectivity index (χ0n) is 18.5. The molecule has 0 spiro atoms. The molecule has 168 valence electrons. The van der Waals surface area contributed by atoms with Gasteiger partial charge in [-0.2, -0.15) is 0 Å². The van der Waals surface area contributed by atoms with Gasteiger partial charge in [-0.25, -0.2) is 0 Å². The zero-order chi connectivity index (χ0) is 23.1. The first kappa shape index (κ1) is 23.4. The molecular formula is C26H31N3O3. The Kier molecular flexibility index (Phi) is 7.98. The van der Waals surface area contributed by atoms with Crippen molar-refractivity contribution in [2.75, 3.05) is 7.11 Å². The highest BCUT2D eigenvalue weighted by Gasteiger charge is 2.28. The highest BCUT2D eigenvalue weighted by Crippen LogP contribution is 2.24. The van der Waals surface area contributed by atoms with Gasteiger partial charge in [-0.15, -0.1) is 0 Å². The van der Waals surface area contributed by atoms with Crippen molar-refractivity contribution in [1.82, 2.24) is 5.32 Å². The maximum absolute atomic E-state index is 12.5. The molecule has 6 heteroatoms. The van der Waals surface area contributed by atoms with Crippen LogP contribution in [0.1, 0.15) is 48.2 Å². The molecule has 0 bridgehead atoms. The van der Waals surface area contributed by atoms with Crippen molar-refractivity contribution in [1.29, 1.82) is 5.41 Å². The van der Waals surface area contributed by atoms with E-state index in [1.54, 1.807) is 12.1 Å². The quantitative estimate of drug-likeness (QED) is 0.209. The number of aliphatic hydroxyl groups is 1. The standard InChI is InChI=1S/C26H31N3O3/c1-17(23(26(31)32-2)16-18-7-6-10-22(15-18)24(27)28)29-25(30)21-13-11-20(12-14-21)19-8-4-3-5-9-19/h4,6-15,17,23,25,29-30H,3,5,16H2,1-2H3,(H3,27,28)/t17-,23-,25?/m1/s1. The Balaban J connectivity index is 1.70. The van der Waals surface area contributed by atoms with Crippen molar-refractivity contribution >= 4 is 17.4 Å². The van der Waals surface area contributed by atoms with Gasteiger partial charge in [0.2, 0.25) is 0 Å². The molecule has 0 aromatic heterocycles. The Morgan fingerprint density at radius 2 is 1.97 bits per heavy atom. The van der Waals surface area contributed by atoms with Gasteiger partial charge in [0.15, 0.2) is 0 Å². The fraction of sp³-hybridized carbons (Fsp3) is 0.308. The minimum atomic E-state index is -0.925. The summed E-state index contributed by atoms with van der Waals surface area (Å²) in [6.07, 6.45) is 8.09. The summed E-state index contributed by atoms with van der Waals surface area (Å²) in [5.74, 6) is -0.906. The SMILES string of the molecule is COC(=O)[C@H](Cc1cccc(C(=N)N)c1)[C@@H](C)NC(O)c1ccc(C2=CCCC=C2)cc1. The van der Waals surface area contributed by atoms with Gasteiger partial charge in [0.25, 0.3) is 0 Å². The van der Waals surface area contributed by atoms with E-state index in [0.717, 1.165) is 29.5 Å². The van der Waals surface area contributed by atoms with E-state index in [1.165, 1.54) is 12.7 Å². The molecule has 1 unspecified atom stereocenters. The molecule has 3 rings (SSSR count). The monoisotopic (exact) mass is 433 g/mol. The summed E-state index contributed by atoms with van der Waals surface area (Å²) in [4.78, 5) is 12.5. The molecule has 1 aliphatic rings. The second-order valence-electron chi connectivity index (χ2n) is 8.07. The third-order valence-corrected chi connectivity index (χ3v) is 5.78. The number of rotatable bonds is 9. The van der Waals surface area contributed by atoms with Gasteiger partial charge in [-0.1, -0.05) is 60.7 Å². The lowest BCUT2D eigenvalue weighted by molar-refractivity contribution is -0.146. The molecule has 0 aliphatic heterocycles. The average molecular weight is 434 g/mol. The Morgan fingerprint density at radius 1 is 1.22 bits per heavy atom. The molecule has 0 saturated carbocycles. The lowest BCUT2D eigenvalue weighted by Gasteiger charge is -2.26. The van der Waals surface area contributed by atoms with E-state index in [1.807, 2.05) is 43.3 Å². The number of ether oxygens (including phenoxy) is 1. The first-order valence-electron chi connectivity index (χ1n) is 10.8. The maximum Gasteiger partial charge on any atom is 0.310 e. The number of methoxy groups -OCH3 is 1. The van der Waals surface area contributed by atoms with Gasteiger partial charge in [0, 0.05) is 11.6 Å². The van der Waals surface area contributed by atoms with Gasteiger partial charge in [0.05, 0.1) is 13.0 Å². The number of hydrogen-bond donors (Lipinski definition) is 4. The van der Waals surface area contributed by atoms with Crippen LogP contribution in [0.15, 0.2) is 66.8 Å². The van der Waals surface area contributed by atoms with Crippen LogP contribution in [0.25, 0.3) is 5.57 Å². The topological polar surface area (TPSA) is 108 Å². The summed E-state index contributed by atoms with van der Waals surface area (Å²) < 4.78 is 5.01. The van der Waals surface area contributed by atoms with Crippen molar-refractivity contribution in [2.24, 2.45) is 11.7 Å². The number of nitrogen functional groups attached to an aromatic ring is 1. The normalized spacial score (nSPS) is 16.0. The van der Waals surface area contributed by atoms with Crippen molar-refractivity contribution in [2.45, 2.75) is 38.5 Å². The number of hydrogen-bond acceptors (Lipinski definition) is 5. The zero-order valence-corrected chi connectivity index (χ0v) is 18.5. The molecule has 0 radical (unpaired) electrons. The van der Waals surface area contributed by atoms with E-state index < -0.39 is 12.1 Å². The number of nitrogens with one attached hydrogen (secondary N) is 2. The van der Waals surface area contributed by atoms with Gasteiger partial charge < -0.3 is 15.6 Å². The van der Waals surface area contributed by atoms with Gasteiger partial charge in [0.1, 0.15) is 12.1 Å². The maximum atomic E-state index is 12.5. The third kappa shape index (κ3) is 5.93. The summed E-state index contributed by atoms with van der Waals surface area (Å²) in [5.41, 5.74) is 10.1. The van der Waals surface area contributed by atoms with E-state index in [9.17, 15) is 9.90 Å². The molecule has 2 aromatic carbocycles. The van der Waals surface area contributed by atoms with Crippen molar-refractivity contribution in [3.63, 3.8) is 0 Å². The molecule has 0 amide bonds. The number of carbonyl (C=O) groups excluding carboxylic acids is 1. The summed E-state index contributed by atoms with van der Waals surface area (Å²) in [6, 6.07) is 14.7. The van der Waals surface area contributed by atoms with Crippen LogP contribution < -0.4 is 11.1 Å². The fourth-order valence-electron chi connectivity index (χ4n) is 3.88. The number of esters is 1. The minimum Gasteiger partial charge on any atom is -0.469 e. The van der Waals surface area contributed by atoms with Crippen LogP contribution in [0.2, 0.25) is 0 Å². The summed E-state index contributed by atoms with van der Waals surface area (Å²) >= 11 is 0. The predicted molar refractivity (Wildman–Crippen MR) is 127 cm³/mol. The smallest absolute Gasteiger partial charge is 0.310 e. The minimum absolute atomic E-state index is 0.0222. The van der Waals surface area contributed by atoms with E-state index >= 15 is 0 Å². The average Bonchev–Trinajstić information content (AvgIpc) is 2.82. The molecule has 32 heavy (non-hydrogen) atoms. The fourth-order valence-corrected chi connectivity index (χ4v) is 3.88. The van der Waals surface area contributed by atoms with E-state index in [0.29, 0.717) is 12.0 Å². The second-order valence-corrected chi connectivity index (χ2v) is 8.07. The molecular weight excluding hydrogens is 402 g/mol. The van der Waals surface area contributed by atoms with Crippen LogP contribution in [0.3, 0.4) is 0 Å². The lowest BCUT2D eigenvalue weighted by Crippen LogP contribution is -2.41. The first-order chi connectivity index (χ1) is 15.4. The van der Waals surface area contributed by atoms with Gasteiger partial charge >= 0.3 is 5.97 Å². The Bertz CT molecular complexity index is 1010. The summed E-state index contributed by atoms with van der Waals surface area (Å²) in [7, 11) is 1.36. The van der Waals surface area contributed by atoms with Gasteiger partial charge in [-0.3, -0.25) is 15.5 Å². The summed E-state index contributed by atoms with van der Waals surface area (Å²) in [5, 5.41) is 21.5. The molecule has 0 fully saturated rings. The highest BCUT2D eigenvalue weighted by molar-refractivity contribution is 5.95. The number of allylic oxidation sites excluding steroid dienone is 4. The molecule has 5 N–H and O–H groups in total. The summed E-state index contributed by atoms with van der Waals surface area (Å²) in [6.45, 7) is 1.85. The van der Waals surface area contributed by atoms with Crippen LogP contribution in [0, 0.1) is 11.3 Å². The van der Waals surface area contributed by atoms with E-state index in [2.05, 4.69) is 23.5 Å². The molecule has 2 aromatic rings. The van der Waals surface area contributed by atoms with Crippen molar-refractivity contribution in [3.8, 4) is 0 Å². The first-order valence-corrected chi connectivity index (χ1v) is 10.8. The van der Waals surface area contributed by atoms with Crippen LogP contribution in [0.5, 0.6) is 0 Å². The van der Waals surface area contributed by atoms with Crippen LogP contribution in [-0.2, 0) is 16.0 Å². The number of amidine groups is 1. The number of carbonyl (C=O) groups is 1. The molecule has 0 heterocycles. The van der Waals surface area contributed by atoms with Crippen molar-refractivity contribution < 1.29 is 14.6 Å². The molecule has 0 saturated heterocycles. The lowest BCUT2D eigenvalue weighted by atomic mass is 9.91. The number of benzene rings is 2. The number of aliphatic hydroxyl groups excluding tert-OH is 1.